The summed E-state index contributed by atoms with van der Waals surface area (Å²) >= 11 is 5.97. The van der Waals surface area contributed by atoms with E-state index in [9.17, 15) is 4.79 Å². The van der Waals surface area contributed by atoms with Crippen molar-refractivity contribution in [3.63, 3.8) is 0 Å². The highest BCUT2D eigenvalue weighted by atomic mass is 35.5. The number of ether oxygens (including phenoxy) is 1. The Morgan fingerprint density at radius 1 is 1.18 bits per heavy atom. The lowest BCUT2D eigenvalue weighted by molar-refractivity contribution is -0.116. The number of halogens is 1. The zero-order chi connectivity index (χ0) is 19.9. The predicted octanol–water partition coefficient (Wildman–Crippen LogP) is 4.60. The van der Waals surface area contributed by atoms with Crippen LogP contribution < -0.4 is 9.64 Å². The molecule has 0 bridgehead atoms. The average molecular weight is 398 g/mol. The lowest BCUT2D eigenvalue weighted by atomic mass is 10.1. The minimum Gasteiger partial charge on any atom is -0.489 e. The second-order valence-electron chi connectivity index (χ2n) is 6.74. The lowest BCUT2D eigenvalue weighted by Gasteiger charge is -2.21. The van der Waals surface area contributed by atoms with Gasteiger partial charge in [0.25, 0.3) is 0 Å². The zero-order valence-electron chi connectivity index (χ0n) is 16.1. The molecule has 0 N–H and O–H groups in total. The van der Waals surface area contributed by atoms with Crippen molar-refractivity contribution in [3.05, 3.63) is 77.8 Å². The molecule has 0 saturated heterocycles. The molecule has 0 aliphatic carbocycles. The fourth-order valence-corrected chi connectivity index (χ4v) is 3.04. The topological polar surface area (TPSA) is 47.4 Å². The molecule has 28 heavy (non-hydrogen) atoms. The fraction of sp³-hybridized carbons (Fsp3) is 0.273. The molecule has 0 aliphatic heterocycles. The Hall–Kier alpha value is -2.79. The third kappa shape index (κ3) is 5.60. The van der Waals surface area contributed by atoms with Crippen LogP contribution in [0.4, 0.5) is 5.69 Å². The molecule has 6 heteroatoms. The third-order valence-electron chi connectivity index (χ3n) is 4.64. The molecule has 5 nitrogen and oxygen atoms in total. The van der Waals surface area contributed by atoms with Gasteiger partial charge in [0.05, 0.1) is 12.9 Å². The Morgan fingerprint density at radius 2 is 1.89 bits per heavy atom. The first kappa shape index (κ1) is 20.0. The number of anilines is 1. The zero-order valence-corrected chi connectivity index (χ0v) is 16.8. The molecule has 3 rings (SSSR count). The molecule has 1 unspecified atom stereocenters. The first-order chi connectivity index (χ1) is 13.5. The van der Waals surface area contributed by atoms with Gasteiger partial charge in [0.2, 0.25) is 5.91 Å². The summed E-state index contributed by atoms with van der Waals surface area (Å²) in [5.41, 5.74) is 2.06. The average Bonchev–Trinajstić information content (AvgIpc) is 3.20. The first-order valence-electron chi connectivity index (χ1n) is 9.22. The molecule has 1 amide bonds. The van der Waals surface area contributed by atoms with Crippen LogP contribution >= 0.6 is 11.6 Å². The van der Waals surface area contributed by atoms with E-state index < -0.39 is 0 Å². The van der Waals surface area contributed by atoms with Gasteiger partial charge in [-0.2, -0.15) is 0 Å². The number of carbonyl (C=O) groups is 1. The minimum absolute atomic E-state index is 0.00498. The van der Waals surface area contributed by atoms with Gasteiger partial charge >= 0.3 is 0 Å². The maximum atomic E-state index is 11.5. The molecule has 0 radical (unpaired) electrons. The van der Waals surface area contributed by atoms with Gasteiger partial charge in [-0.05, 0) is 54.8 Å². The molecule has 0 aliphatic rings. The van der Waals surface area contributed by atoms with Gasteiger partial charge in [-0.1, -0.05) is 23.7 Å². The van der Waals surface area contributed by atoms with E-state index in [0.29, 0.717) is 6.54 Å². The monoisotopic (exact) mass is 397 g/mol. The Balaban J connectivity index is 1.67. The van der Waals surface area contributed by atoms with Crippen molar-refractivity contribution in [1.29, 1.82) is 0 Å². The molecule has 146 valence electrons. The van der Waals surface area contributed by atoms with Crippen molar-refractivity contribution in [1.82, 2.24) is 9.55 Å². The van der Waals surface area contributed by atoms with Gasteiger partial charge < -0.3 is 14.2 Å². The van der Waals surface area contributed by atoms with Crippen molar-refractivity contribution in [3.8, 4) is 5.75 Å². The van der Waals surface area contributed by atoms with E-state index in [1.54, 1.807) is 31.4 Å². The number of benzene rings is 2. The summed E-state index contributed by atoms with van der Waals surface area (Å²) in [5, 5.41) is 0.741. The molecule has 2 aromatic carbocycles. The van der Waals surface area contributed by atoms with Gasteiger partial charge in [-0.3, -0.25) is 4.79 Å². The van der Waals surface area contributed by atoms with Gasteiger partial charge in [-0.25, -0.2) is 4.98 Å². The summed E-state index contributed by atoms with van der Waals surface area (Å²) in [7, 11) is 1.76. The maximum Gasteiger partial charge on any atom is 0.223 e. The summed E-state index contributed by atoms with van der Waals surface area (Å²) in [4.78, 5) is 17.2. The summed E-state index contributed by atoms with van der Waals surface area (Å²) < 4.78 is 8.27. The van der Waals surface area contributed by atoms with Crippen LogP contribution in [-0.4, -0.2) is 28.6 Å². The van der Waals surface area contributed by atoms with E-state index in [1.807, 2.05) is 59.3 Å². The van der Waals surface area contributed by atoms with Crippen molar-refractivity contribution >= 4 is 23.2 Å². The van der Waals surface area contributed by atoms with Gasteiger partial charge in [-0.15, -0.1) is 0 Å². The number of carbonyl (C=O) groups excluding carboxylic acids is 1. The molecule has 3 aromatic rings. The van der Waals surface area contributed by atoms with E-state index in [-0.39, 0.29) is 12.0 Å². The Labute approximate surface area is 170 Å². The molecule has 0 saturated carbocycles. The summed E-state index contributed by atoms with van der Waals surface area (Å²) in [6.45, 7) is 2.25. The van der Waals surface area contributed by atoms with Crippen LogP contribution in [0.1, 0.15) is 18.9 Å². The molecular formula is C22H24ClN3O2. The van der Waals surface area contributed by atoms with Crippen molar-refractivity contribution < 1.29 is 9.53 Å². The molecule has 1 aromatic heterocycles. The second kappa shape index (κ2) is 9.42. The van der Waals surface area contributed by atoms with Crippen molar-refractivity contribution in [2.24, 2.45) is 0 Å². The van der Waals surface area contributed by atoms with E-state index in [0.717, 1.165) is 29.3 Å². The molecule has 1 heterocycles. The normalized spacial score (nSPS) is 11.8. The van der Waals surface area contributed by atoms with Crippen LogP contribution in [0.3, 0.4) is 0 Å². The Kier molecular flexibility index (Phi) is 6.71. The quantitative estimate of drug-likeness (QED) is 0.558. The van der Waals surface area contributed by atoms with E-state index in [2.05, 4.69) is 4.98 Å². The highest BCUT2D eigenvalue weighted by Gasteiger charge is 2.13. The summed E-state index contributed by atoms with van der Waals surface area (Å²) in [5.74, 6) is 0.775. The highest BCUT2D eigenvalue weighted by molar-refractivity contribution is 6.30. The number of imidazole rings is 1. The van der Waals surface area contributed by atoms with Crippen molar-refractivity contribution in [2.45, 2.75) is 32.4 Å². The number of amides is 1. The molecule has 0 fully saturated rings. The second-order valence-corrected chi connectivity index (χ2v) is 7.17. The first-order valence-corrected chi connectivity index (χ1v) is 9.60. The Bertz CT molecular complexity index is 877. The van der Waals surface area contributed by atoms with E-state index >= 15 is 0 Å². The van der Waals surface area contributed by atoms with E-state index in [4.69, 9.17) is 16.3 Å². The molecule has 1 atom stereocenters. The van der Waals surface area contributed by atoms with Crippen LogP contribution in [0.15, 0.2) is 67.3 Å². The highest BCUT2D eigenvalue weighted by Crippen LogP contribution is 2.21. The SMILES string of the molecule is CC(=O)N(C)c1ccc(OC(CCc2ccc(Cl)cc2)Cn2ccnc2)cc1. The number of aromatic nitrogens is 2. The number of rotatable bonds is 8. The van der Waals surface area contributed by atoms with Crippen LogP contribution in [0.25, 0.3) is 0 Å². The third-order valence-corrected chi connectivity index (χ3v) is 4.89. The summed E-state index contributed by atoms with van der Waals surface area (Å²) in [6.07, 6.45) is 7.23. The predicted molar refractivity (Wildman–Crippen MR) is 112 cm³/mol. The number of hydrogen-bond acceptors (Lipinski definition) is 3. The fourth-order valence-electron chi connectivity index (χ4n) is 2.92. The van der Waals surface area contributed by atoms with Gasteiger partial charge in [0.1, 0.15) is 11.9 Å². The minimum atomic E-state index is -0.0127. The number of aryl methyl sites for hydroxylation is 1. The molecule has 0 spiro atoms. The lowest BCUT2D eigenvalue weighted by Crippen LogP contribution is -2.24. The van der Waals surface area contributed by atoms with Crippen LogP contribution in [0.5, 0.6) is 5.75 Å². The number of nitrogens with zero attached hydrogens (tertiary/aromatic N) is 3. The standard InChI is InChI=1S/C22H24ClN3O2/c1-17(27)25(2)20-8-11-21(12-9-20)28-22(15-26-14-13-24-16-26)10-5-18-3-6-19(23)7-4-18/h3-4,6-9,11-14,16,22H,5,10,15H2,1-2H3. The number of hydrogen-bond donors (Lipinski definition) is 0. The van der Waals surface area contributed by atoms with Crippen LogP contribution in [0, 0.1) is 0 Å². The van der Waals surface area contributed by atoms with Gasteiger partial charge in [0.15, 0.2) is 0 Å². The van der Waals surface area contributed by atoms with Gasteiger partial charge in [0, 0.05) is 37.1 Å². The van der Waals surface area contributed by atoms with Crippen LogP contribution in [0.2, 0.25) is 5.02 Å². The molecular weight excluding hydrogens is 374 g/mol. The summed E-state index contributed by atoms with van der Waals surface area (Å²) in [6, 6.07) is 15.5. The van der Waals surface area contributed by atoms with E-state index in [1.165, 1.54) is 5.56 Å². The largest absolute Gasteiger partial charge is 0.489 e. The van der Waals surface area contributed by atoms with Crippen LogP contribution in [-0.2, 0) is 17.8 Å². The Morgan fingerprint density at radius 3 is 2.50 bits per heavy atom. The van der Waals surface area contributed by atoms with Crippen molar-refractivity contribution in [2.75, 3.05) is 11.9 Å². The smallest absolute Gasteiger partial charge is 0.223 e. The maximum absolute atomic E-state index is 11.5.